The van der Waals surface area contributed by atoms with Crippen LogP contribution in [0.15, 0.2) is 103 Å². The number of carbonyl (C=O) groups excluding carboxylic acids is 1. The van der Waals surface area contributed by atoms with Crippen molar-refractivity contribution in [2.24, 2.45) is 5.73 Å². The Bertz CT molecular complexity index is 1340. The predicted octanol–water partition coefficient (Wildman–Crippen LogP) is 7.05. The molecule has 0 aromatic heterocycles. The van der Waals surface area contributed by atoms with Crippen molar-refractivity contribution in [1.82, 2.24) is 4.90 Å². The second-order valence-corrected chi connectivity index (χ2v) is 9.48. The summed E-state index contributed by atoms with van der Waals surface area (Å²) < 4.78 is 61.0. The standard InChI is InChI=1S/C32H30F4N2O2/c33-30-26(13-7-14-29(30)32(34,35)36)21-38(19-8-20-40-27-17-15-25(16-18-27)31(37)39)22-28(23-9-3-1-4-10-23)24-11-5-2-6-12-24/h1-7,9-18,28H,8,19-22H2,(H2,37,39). The Hall–Kier alpha value is -4.17. The third kappa shape index (κ3) is 7.70. The molecule has 4 aromatic carbocycles. The number of ether oxygens (including phenoxy) is 1. The van der Waals surface area contributed by atoms with Gasteiger partial charge in [0.15, 0.2) is 0 Å². The number of nitrogens with zero attached hydrogens (tertiary/aromatic N) is 1. The van der Waals surface area contributed by atoms with E-state index in [1.54, 1.807) is 24.3 Å². The first-order chi connectivity index (χ1) is 19.2. The molecule has 0 aliphatic rings. The predicted molar refractivity (Wildman–Crippen MR) is 146 cm³/mol. The minimum Gasteiger partial charge on any atom is -0.494 e. The number of alkyl halides is 3. The normalized spacial score (nSPS) is 11.7. The molecule has 0 unspecified atom stereocenters. The summed E-state index contributed by atoms with van der Waals surface area (Å²) in [7, 11) is 0. The molecule has 40 heavy (non-hydrogen) atoms. The molecule has 0 radical (unpaired) electrons. The zero-order valence-corrected chi connectivity index (χ0v) is 21.8. The van der Waals surface area contributed by atoms with E-state index in [2.05, 4.69) is 0 Å². The second-order valence-electron chi connectivity index (χ2n) is 9.48. The molecule has 0 atom stereocenters. The van der Waals surface area contributed by atoms with Crippen LogP contribution in [0, 0.1) is 5.82 Å². The molecule has 0 saturated carbocycles. The first-order valence-corrected chi connectivity index (χ1v) is 12.9. The van der Waals surface area contributed by atoms with Gasteiger partial charge >= 0.3 is 6.18 Å². The number of benzene rings is 4. The van der Waals surface area contributed by atoms with Gasteiger partial charge in [0, 0.05) is 36.7 Å². The minimum atomic E-state index is -4.78. The molecule has 208 valence electrons. The number of rotatable bonds is 12. The monoisotopic (exact) mass is 550 g/mol. The van der Waals surface area contributed by atoms with Crippen LogP contribution in [-0.2, 0) is 12.7 Å². The number of primary amides is 1. The van der Waals surface area contributed by atoms with Gasteiger partial charge in [-0.05, 0) is 47.9 Å². The molecule has 2 N–H and O–H groups in total. The van der Waals surface area contributed by atoms with Gasteiger partial charge in [0.05, 0.1) is 12.2 Å². The highest BCUT2D eigenvalue weighted by Gasteiger charge is 2.35. The molecule has 8 heteroatoms. The van der Waals surface area contributed by atoms with E-state index in [4.69, 9.17) is 10.5 Å². The summed E-state index contributed by atoms with van der Waals surface area (Å²) in [5, 5.41) is 0. The van der Waals surface area contributed by atoms with Gasteiger partial charge in [0.2, 0.25) is 5.91 Å². The van der Waals surface area contributed by atoms with Gasteiger partial charge in [-0.1, -0.05) is 72.8 Å². The molecule has 0 aliphatic heterocycles. The third-order valence-corrected chi connectivity index (χ3v) is 6.65. The van der Waals surface area contributed by atoms with Crippen LogP contribution >= 0.6 is 0 Å². The van der Waals surface area contributed by atoms with Crippen molar-refractivity contribution in [2.45, 2.75) is 25.1 Å². The van der Waals surface area contributed by atoms with Crippen LogP contribution in [0.1, 0.15) is 45.0 Å². The number of hydrogen-bond acceptors (Lipinski definition) is 3. The van der Waals surface area contributed by atoms with Crippen molar-refractivity contribution in [3.63, 3.8) is 0 Å². The van der Waals surface area contributed by atoms with Gasteiger partial charge in [-0.2, -0.15) is 13.2 Å². The second kappa shape index (κ2) is 13.3. The lowest BCUT2D eigenvalue weighted by atomic mass is 9.90. The molecular formula is C32H30F4N2O2. The van der Waals surface area contributed by atoms with Crippen molar-refractivity contribution in [2.75, 3.05) is 19.7 Å². The largest absolute Gasteiger partial charge is 0.494 e. The van der Waals surface area contributed by atoms with E-state index in [1.807, 2.05) is 65.6 Å². The first-order valence-electron chi connectivity index (χ1n) is 12.9. The Labute approximate surface area is 231 Å². The summed E-state index contributed by atoms with van der Waals surface area (Å²) in [5.74, 6) is -1.30. The molecule has 0 bridgehead atoms. The molecule has 4 aromatic rings. The number of nitrogens with two attached hydrogens (primary N) is 1. The van der Waals surface area contributed by atoms with Gasteiger partial charge in [-0.15, -0.1) is 0 Å². The average Bonchev–Trinajstić information content (AvgIpc) is 2.95. The summed E-state index contributed by atoms with van der Waals surface area (Å²) >= 11 is 0. The molecule has 4 rings (SSSR count). The summed E-state index contributed by atoms with van der Waals surface area (Å²) in [5.41, 5.74) is 6.46. The SMILES string of the molecule is NC(=O)c1ccc(OCCCN(Cc2cccc(C(F)(F)F)c2F)CC(c2ccccc2)c2ccccc2)cc1. The summed E-state index contributed by atoms with van der Waals surface area (Å²) in [6, 6.07) is 29.5. The minimum absolute atomic E-state index is 0.000765. The topological polar surface area (TPSA) is 55.6 Å². The number of halogens is 4. The van der Waals surface area contributed by atoms with Crippen molar-refractivity contribution in [3.05, 3.63) is 137 Å². The first kappa shape index (κ1) is 28.8. The van der Waals surface area contributed by atoms with Crippen LogP contribution in [0.4, 0.5) is 17.6 Å². The molecule has 0 fully saturated rings. The van der Waals surface area contributed by atoms with Crippen LogP contribution in [0.3, 0.4) is 0 Å². The van der Waals surface area contributed by atoms with Crippen LogP contribution in [0.25, 0.3) is 0 Å². The smallest absolute Gasteiger partial charge is 0.419 e. The highest BCUT2D eigenvalue weighted by atomic mass is 19.4. The van der Waals surface area contributed by atoms with Gasteiger partial charge < -0.3 is 10.5 Å². The molecular weight excluding hydrogens is 520 g/mol. The Balaban J connectivity index is 1.54. The van der Waals surface area contributed by atoms with E-state index in [0.717, 1.165) is 17.2 Å². The molecule has 0 saturated heterocycles. The van der Waals surface area contributed by atoms with E-state index >= 15 is 4.39 Å². The molecule has 0 spiro atoms. The average molecular weight is 551 g/mol. The number of carbonyl (C=O) groups is 1. The highest BCUT2D eigenvalue weighted by Crippen LogP contribution is 2.33. The van der Waals surface area contributed by atoms with E-state index in [1.165, 1.54) is 12.1 Å². The third-order valence-electron chi connectivity index (χ3n) is 6.65. The van der Waals surface area contributed by atoms with Crippen molar-refractivity contribution in [3.8, 4) is 5.75 Å². The van der Waals surface area contributed by atoms with Gasteiger partial charge in [-0.25, -0.2) is 4.39 Å². The number of hydrogen-bond donors (Lipinski definition) is 1. The fourth-order valence-electron chi connectivity index (χ4n) is 4.62. The Morgan fingerprint density at radius 2 is 1.43 bits per heavy atom. The van der Waals surface area contributed by atoms with E-state index in [0.29, 0.717) is 37.4 Å². The maximum Gasteiger partial charge on any atom is 0.419 e. The lowest BCUT2D eigenvalue weighted by Crippen LogP contribution is -2.31. The van der Waals surface area contributed by atoms with Crippen LogP contribution in [-0.4, -0.2) is 30.5 Å². The summed E-state index contributed by atoms with van der Waals surface area (Å²) in [4.78, 5) is 13.2. The summed E-state index contributed by atoms with van der Waals surface area (Å²) in [6.45, 7) is 1.22. The molecule has 0 heterocycles. The maximum atomic E-state index is 15.0. The molecule has 1 amide bonds. The van der Waals surface area contributed by atoms with E-state index in [-0.39, 0.29) is 18.0 Å². The quantitative estimate of drug-likeness (QED) is 0.152. The highest BCUT2D eigenvalue weighted by molar-refractivity contribution is 5.92. The van der Waals surface area contributed by atoms with E-state index in [9.17, 15) is 18.0 Å². The zero-order valence-electron chi connectivity index (χ0n) is 21.8. The van der Waals surface area contributed by atoms with Crippen LogP contribution in [0.5, 0.6) is 5.75 Å². The fourth-order valence-corrected chi connectivity index (χ4v) is 4.62. The van der Waals surface area contributed by atoms with Gasteiger partial charge in [-0.3, -0.25) is 9.69 Å². The van der Waals surface area contributed by atoms with Crippen LogP contribution < -0.4 is 10.5 Å². The lowest BCUT2D eigenvalue weighted by molar-refractivity contribution is -0.140. The fraction of sp³-hybridized carbons (Fsp3) is 0.219. The van der Waals surface area contributed by atoms with Crippen molar-refractivity contribution in [1.29, 1.82) is 0 Å². The van der Waals surface area contributed by atoms with E-state index < -0.39 is 23.5 Å². The van der Waals surface area contributed by atoms with Crippen molar-refractivity contribution < 1.29 is 27.1 Å². The number of amides is 1. The molecule has 0 aliphatic carbocycles. The van der Waals surface area contributed by atoms with Crippen LogP contribution in [0.2, 0.25) is 0 Å². The molecule has 4 nitrogen and oxygen atoms in total. The van der Waals surface area contributed by atoms with Gasteiger partial charge in [0.25, 0.3) is 0 Å². The Morgan fingerprint density at radius 3 is 1.98 bits per heavy atom. The Morgan fingerprint density at radius 1 is 0.825 bits per heavy atom. The Kier molecular flexibility index (Phi) is 9.56. The lowest BCUT2D eigenvalue weighted by Gasteiger charge is -2.29. The summed E-state index contributed by atoms with van der Waals surface area (Å²) in [6.07, 6.45) is -4.24. The zero-order chi connectivity index (χ0) is 28.5. The van der Waals surface area contributed by atoms with Gasteiger partial charge in [0.1, 0.15) is 11.6 Å². The maximum absolute atomic E-state index is 15.0. The van der Waals surface area contributed by atoms with Crippen molar-refractivity contribution >= 4 is 5.91 Å².